The number of esters is 1. The lowest BCUT2D eigenvalue weighted by molar-refractivity contribution is -0.198. The molecule has 0 bridgehead atoms. The maximum Gasteiger partial charge on any atom is 0.490 e. The monoisotopic (exact) mass is 529 g/mol. The van der Waals surface area contributed by atoms with Crippen LogP contribution in [0.15, 0.2) is 23.6 Å². The van der Waals surface area contributed by atoms with Gasteiger partial charge >= 0.3 is 12.1 Å². The van der Waals surface area contributed by atoms with Crippen LogP contribution in [0, 0.1) is 11.8 Å². The Hall–Kier alpha value is -2.36. The first-order valence-corrected chi connectivity index (χ1v) is 12.3. The summed E-state index contributed by atoms with van der Waals surface area (Å²) in [4.78, 5) is 17.2. The number of hydrogen-bond donors (Lipinski definition) is 2. The average molecular weight is 530 g/mol. The van der Waals surface area contributed by atoms with Gasteiger partial charge < -0.3 is 20.5 Å². The van der Waals surface area contributed by atoms with E-state index in [-0.39, 0.29) is 11.2 Å². The SMILES string of the molecule is N[C@@H]1CCCO[C@H]1c1sc2c(NCc3cccs3)cc(Cl)nc2c1C#CCOC(=O)C(F)(F)F. The van der Waals surface area contributed by atoms with Crippen molar-refractivity contribution in [1.82, 2.24) is 4.98 Å². The number of alkyl halides is 3. The van der Waals surface area contributed by atoms with E-state index in [9.17, 15) is 18.0 Å². The van der Waals surface area contributed by atoms with Gasteiger partial charge in [0, 0.05) is 30.1 Å². The van der Waals surface area contributed by atoms with E-state index < -0.39 is 24.9 Å². The van der Waals surface area contributed by atoms with Crippen LogP contribution in [-0.2, 0) is 20.8 Å². The molecule has 3 N–H and O–H groups in total. The summed E-state index contributed by atoms with van der Waals surface area (Å²) in [5.41, 5.74) is 7.99. The summed E-state index contributed by atoms with van der Waals surface area (Å²) in [5.74, 6) is 3.01. The standard InChI is InChI=1S/C22H19ClF3N3O3S2/c23-16-10-15(28-11-12-4-3-9-33-12)20-17(29-16)13(5-1-8-32-21(30)22(24,25)26)19(34-20)18-14(27)6-2-7-31-18/h3-4,9-10,14,18H,2,6-8,11,27H2,(H,28,29)/t14-,18-/m1/s1. The number of carbonyl (C=O) groups excluding carboxylic acids is 1. The fraction of sp³-hybridized carbons (Fsp3) is 0.364. The topological polar surface area (TPSA) is 86.5 Å². The number of rotatable bonds is 5. The molecule has 12 heteroatoms. The van der Waals surface area contributed by atoms with Gasteiger partial charge in [0.25, 0.3) is 0 Å². The van der Waals surface area contributed by atoms with E-state index in [1.54, 1.807) is 17.4 Å². The highest BCUT2D eigenvalue weighted by atomic mass is 35.5. The summed E-state index contributed by atoms with van der Waals surface area (Å²) >= 11 is 9.30. The Morgan fingerprint density at radius 2 is 2.26 bits per heavy atom. The van der Waals surface area contributed by atoms with Gasteiger partial charge in [-0.1, -0.05) is 29.5 Å². The summed E-state index contributed by atoms with van der Waals surface area (Å²) < 4.78 is 48.1. The van der Waals surface area contributed by atoms with Crippen LogP contribution in [0.1, 0.15) is 34.3 Å². The zero-order valence-electron chi connectivity index (χ0n) is 17.6. The number of nitrogens with zero attached hydrogens (tertiary/aromatic N) is 1. The summed E-state index contributed by atoms with van der Waals surface area (Å²) in [6, 6.07) is 5.40. The number of thiophene rings is 2. The Labute approximate surface area is 206 Å². The van der Waals surface area contributed by atoms with E-state index in [1.807, 2.05) is 17.5 Å². The zero-order valence-corrected chi connectivity index (χ0v) is 20.0. The smallest absolute Gasteiger partial charge is 0.446 e. The molecule has 3 aromatic heterocycles. The van der Waals surface area contributed by atoms with Crippen LogP contribution in [0.5, 0.6) is 0 Å². The van der Waals surface area contributed by atoms with Crippen LogP contribution < -0.4 is 11.1 Å². The predicted molar refractivity (Wildman–Crippen MR) is 126 cm³/mol. The van der Waals surface area contributed by atoms with Gasteiger partial charge in [-0.2, -0.15) is 13.2 Å². The lowest BCUT2D eigenvalue weighted by atomic mass is 9.99. The van der Waals surface area contributed by atoms with Gasteiger partial charge in [-0.3, -0.25) is 0 Å². The van der Waals surface area contributed by atoms with Crippen molar-refractivity contribution >= 4 is 56.1 Å². The normalized spacial score (nSPS) is 18.4. The van der Waals surface area contributed by atoms with Gasteiger partial charge in [-0.15, -0.1) is 22.7 Å². The molecule has 180 valence electrons. The molecule has 0 aliphatic carbocycles. The number of anilines is 1. The molecule has 0 amide bonds. The van der Waals surface area contributed by atoms with Crippen molar-refractivity contribution in [3.63, 3.8) is 0 Å². The molecule has 1 saturated heterocycles. The minimum absolute atomic E-state index is 0.228. The highest BCUT2D eigenvalue weighted by molar-refractivity contribution is 7.20. The average Bonchev–Trinajstić information content (AvgIpc) is 3.43. The van der Waals surface area contributed by atoms with E-state index in [2.05, 4.69) is 26.9 Å². The lowest BCUT2D eigenvalue weighted by Crippen LogP contribution is -2.34. The van der Waals surface area contributed by atoms with Gasteiger partial charge in [-0.05, 0) is 24.3 Å². The van der Waals surface area contributed by atoms with Crippen LogP contribution in [-0.4, -0.2) is 36.4 Å². The number of pyridine rings is 1. The Balaban J connectivity index is 1.71. The predicted octanol–water partition coefficient (Wildman–Crippen LogP) is 5.26. The molecule has 0 radical (unpaired) electrons. The van der Waals surface area contributed by atoms with Crippen molar-refractivity contribution in [3.05, 3.63) is 44.1 Å². The molecule has 3 aromatic rings. The Kier molecular flexibility index (Phi) is 7.64. The molecular weight excluding hydrogens is 511 g/mol. The molecule has 0 aromatic carbocycles. The summed E-state index contributed by atoms with van der Waals surface area (Å²) in [6.45, 7) is 0.380. The molecule has 34 heavy (non-hydrogen) atoms. The van der Waals surface area contributed by atoms with Crippen molar-refractivity contribution in [1.29, 1.82) is 0 Å². The highest BCUT2D eigenvalue weighted by Gasteiger charge is 2.40. The summed E-state index contributed by atoms with van der Waals surface area (Å²) in [6.07, 6.45) is -3.94. The molecule has 0 unspecified atom stereocenters. The van der Waals surface area contributed by atoms with Crippen LogP contribution in [0.3, 0.4) is 0 Å². The van der Waals surface area contributed by atoms with Gasteiger partial charge in [0.05, 0.1) is 20.8 Å². The van der Waals surface area contributed by atoms with Gasteiger partial charge in [0.15, 0.2) is 6.61 Å². The Bertz CT molecular complexity index is 1240. The first-order chi connectivity index (χ1) is 16.2. The molecule has 2 atom stereocenters. The molecular formula is C22H19ClF3N3O3S2. The molecule has 1 aliphatic rings. The third-order valence-electron chi connectivity index (χ3n) is 5.02. The van der Waals surface area contributed by atoms with Crippen molar-refractivity contribution in [3.8, 4) is 11.8 Å². The Morgan fingerprint density at radius 1 is 1.44 bits per heavy atom. The number of aromatic nitrogens is 1. The lowest BCUT2D eigenvalue weighted by Gasteiger charge is -2.28. The minimum atomic E-state index is -5.08. The van der Waals surface area contributed by atoms with Crippen LogP contribution in [0.25, 0.3) is 10.2 Å². The van der Waals surface area contributed by atoms with E-state index in [0.717, 1.165) is 28.1 Å². The van der Waals surface area contributed by atoms with E-state index >= 15 is 0 Å². The number of halogens is 4. The number of ether oxygens (including phenoxy) is 2. The fourth-order valence-electron chi connectivity index (χ4n) is 3.48. The van der Waals surface area contributed by atoms with Gasteiger partial charge in [-0.25, -0.2) is 9.78 Å². The van der Waals surface area contributed by atoms with Crippen LogP contribution in [0.4, 0.5) is 18.9 Å². The molecule has 0 spiro atoms. The third kappa shape index (κ3) is 5.64. The molecule has 1 aliphatic heterocycles. The van der Waals surface area contributed by atoms with E-state index in [4.69, 9.17) is 22.1 Å². The Morgan fingerprint density at radius 3 is 2.97 bits per heavy atom. The van der Waals surface area contributed by atoms with Crippen molar-refractivity contribution in [2.45, 2.75) is 37.7 Å². The number of hydrogen-bond acceptors (Lipinski definition) is 8. The summed E-state index contributed by atoms with van der Waals surface area (Å²) in [5, 5.41) is 5.58. The van der Waals surface area contributed by atoms with Gasteiger partial charge in [0.1, 0.15) is 16.8 Å². The largest absolute Gasteiger partial charge is 0.490 e. The van der Waals surface area contributed by atoms with Gasteiger partial charge in [0.2, 0.25) is 0 Å². The van der Waals surface area contributed by atoms with Crippen molar-refractivity contribution < 1.29 is 27.4 Å². The molecule has 0 saturated carbocycles. The minimum Gasteiger partial charge on any atom is -0.446 e. The first-order valence-electron chi connectivity index (χ1n) is 10.2. The fourth-order valence-corrected chi connectivity index (χ4v) is 5.64. The number of nitrogens with two attached hydrogens (primary N) is 1. The second-order valence-electron chi connectivity index (χ2n) is 7.42. The maximum absolute atomic E-state index is 12.4. The maximum atomic E-state index is 12.4. The number of carbonyl (C=O) groups is 1. The van der Waals surface area contributed by atoms with E-state index in [1.165, 1.54) is 11.3 Å². The zero-order chi connectivity index (χ0) is 24.3. The van der Waals surface area contributed by atoms with E-state index in [0.29, 0.717) is 29.1 Å². The number of fused-ring (bicyclic) bond motifs is 1. The van der Waals surface area contributed by atoms with Crippen LogP contribution >= 0.6 is 34.3 Å². The molecule has 4 heterocycles. The number of nitrogens with one attached hydrogen (secondary N) is 1. The second kappa shape index (κ2) is 10.5. The first kappa shape index (κ1) is 24.8. The van der Waals surface area contributed by atoms with Crippen molar-refractivity contribution in [2.24, 2.45) is 5.73 Å². The molecule has 6 nitrogen and oxygen atoms in total. The highest BCUT2D eigenvalue weighted by Crippen LogP contribution is 2.42. The molecule has 4 rings (SSSR count). The van der Waals surface area contributed by atoms with Crippen LogP contribution in [0.2, 0.25) is 5.15 Å². The third-order valence-corrected chi connectivity index (χ3v) is 7.36. The quantitative estimate of drug-likeness (QED) is 0.266. The summed E-state index contributed by atoms with van der Waals surface area (Å²) in [7, 11) is 0. The molecule has 1 fully saturated rings. The van der Waals surface area contributed by atoms with Crippen molar-refractivity contribution in [2.75, 3.05) is 18.5 Å². The second-order valence-corrected chi connectivity index (χ2v) is 9.89.